The van der Waals surface area contributed by atoms with E-state index in [0.29, 0.717) is 0 Å². The van der Waals surface area contributed by atoms with E-state index >= 15 is 0 Å². The number of carbonyl (C=O) groups excluding carboxylic acids is 1. The molecule has 0 spiro atoms. The van der Waals surface area contributed by atoms with Gasteiger partial charge in [0.1, 0.15) is 6.61 Å². The number of carbonyl (C=O) groups is 1. The molecule has 0 heterocycles. The minimum atomic E-state index is -0.581. The molecule has 0 bridgehead atoms. The Labute approximate surface area is 301 Å². The van der Waals surface area contributed by atoms with Gasteiger partial charge in [-0.15, -0.1) is 11.8 Å². The van der Waals surface area contributed by atoms with Crippen molar-refractivity contribution >= 4 is 17.9 Å². The predicted molar refractivity (Wildman–Crippen MR) is 206 cm³/mol. The zero-order chi connectivity index (χ0) is 34.8. The molecule has 0 aliphatic heterocycles. The summed E-state index contributed by atoms with van der Waals surface area (Å²) in [6.07, 6.45) is 2.20. The van der Waals surface area contributed by atoms with Crippen LogP contribution in [-0.2, 0) is 9.48 Å². The number of fused-ring (bicyclic) bond motifs is 3. The number of thioether (sulfide) groups is 1. The third-order valence-corrected chi connectivity index (χ3v) is 11.5. The Kier molecular flexibility index (Phi) is 12.1. The molecule has 5 aromatic carbocycles. The van der Waals surface area contributed by atoms with Crippen molar-refractivity contribution in [2.45, 2.75) is 55.2 Å². The first-order valence-corrected chi connectivity index (χ1v) is 18.7. The van der Waals surface area contributed by atoms with Gasteiger partial charge in [0, 0.05) is 12.5 Å². The number of nitrogens with one attached hydrogen (secondary N) is 2. The monoisotopic (exact) mass is 684 g/mol. The molecule has 1 aliphatic rings. The van der Waals surface area contributed by atoms with Crippen LogP contribution in [0.5, 0.6) is 0 Å². The van der Waals surface area contributed by atoms with Gasteiger partial charge in [-0.1, -0.05) is 153 Å². The maximum Gasteiger partial charge on any atom is 0.407 e. The fourth-order valence-corrected chi connectivity index (χ4v) is 9.11. The van der Waals surface area contributed by atoms with Crippen molar-refractivity contribution < 1.29 is 14.6 Å². The highest BCUT2D eigenvalue weighted by molar-refractivity contribution is 8.01. The second kappa shape index (κ2) is 17.0. The summed E-state index contributed by atoms with van der Waals surface area (Å²) in [6.45, 7) is 5.52. The van der Waals surface area contributed by atoms with E-state index < -0.39 is 10.8 Å². The standard InChI is InChI=1S/C44H48N2O3S/c1-32(2)41(46-43(48)49-31-40-38-27-15-13-25-36(38)37-26-14-16-28-39(37)40)42(45-29-17-6-18-30-47)50-44(33-19-7-3-8-20-33,34-21-9-4-10-22-34)35-23-11-5-12-24-35/h3-5,7-16,19-28,32,40-42,45,47H,6,17-18,29-31H2,1-2H3,(H,46,48). The fraction of sp³-hybridized carbons (Fsp3) is 0.295. The number of hydrogen-bond donors (Lipinski definition) is 3. The molecule has 50 heavy (non-hydrogen) atoms. The Balaban J connectivity index is 1.31. The Morgan fingerprint density at radius 1 is 0.700 bits per heavy atom. The number of rotatable bonds is 16. The molecule has 5 nitrogen and oxygen atoms in total. The van der Waals surface area contributed by atoms with Crippen LogP contribution >= 0.6 is 11.8 Å². The van der Waals surface area contributed by atoms with Crippen molar-refractivity contribution in [2.75, 3.05) is 19.8 Å². The van der Waals surface area contributed by atoms with Crippen molar-refractivity contribution in [1.82, 2.24) is 10.6 Å². The smallest absolute Gasteiger partial charge is 0.407 e. The number of alkyl carbamates (subject to hydrolysis) is 1. The SMILES string of the molecule is CC(C)C(NC(=O)OCC1c2ccccc2-c2ccccc21)C(NCCCCCO)SC(c1ccccc1)(c1ccccc1)c1ccccc1. The number of ether oxygens (including phenoxy) is 1. The lowest BCUT2D eigenvalue weighted by Crippen LogP contribution is -2.53. The van der Waals surface area contributed by atoms with Crippen LogP contribution in [-0.4, -0.2) is 42.4 Å². The van der Waals surface area contributed by atoms with Crippen molar-refractivity contribution in [3.05, 3.63) is 167 Å². The molecule has 1 aliphatic carbocycles. The molecule has 6 heteroatoms. The lowest BCUT2D eigenvalue weighted by Gasteiger charge is -2.41. The van der Waals surface area contributed by atoms with Crippen molar-refractivity contribution in [3.8, 4) is 11.1 Å². The van der Waals surface area contributed by atoms with Crippen molar-refractivity contribution in [3.63, 3.8) is 0 Å². The van der Waals surface area contributed by atoms with Crippen LogP contribution in [0.1, 0.15) is 66.8 Å². The molecule has 0 radical (unpaired) electrons. The normalized spacial score (nSPS) is 13.8. The van der Waals surface area contributed by atoms with Crippen LogP contribution in [0.4, 0.5) is 4.79 Å². The molecule has 6 rings (SSSR count). The van der Waals surface area contributed by atoms with Gasteiger partial charge >= 0.3 is 6.09 Å². The maximum absolute atomic E-state index is 13.8. The first-order chi connectivity index (χ1) is 24.5. The first-order valence-electron chi connectivity index (χ1n) is 17.8. The third-order valence-electron chi connectivity index (χ3n) is 9.70. The van der Waals surface area contributed by atoms with Crippen LogP contribution in [0.2, 0.25) is 0 Å². The number of unbranched alkanes of at least 4 members (excludes halogenated alkanes) is 2. The van der Waals surface area contributed by atoms with Gasteiger partial charge in [0.05, 0.1) is 16.2 Å². The third kappa shape index (κ3) is 7.83. The Morgan fingerprint density at radius 3 is 1.66 bits per heavy atom. The zero-order valence-electron chi connectivity index (χ0n) is 29.0. The summed E-state index contributed by atoms with van der Waals surface area (Å²) in [5.41, 5.74) is 8.29. The summed E-state index contributed by atoms with van der Waals surface area (Å²) in [6, 6.07) is 48.5. The van der Waals surface area contributed by atoms with E-state index in [1.165, 1.54) is 22.3 Å². The van der Waals surface area contributed by atoms with E-state index in [2.05, 4.69) is 164 Å². The fourth-order valence-electron chi connectivity index (χ4n) is 7.18. The average molecular weight is 685 g/mol. The minimum absolute atomic E-state index is 0.0117. The average Bonchev–Trinajstić information content (AvgIpc) is 3.49. The van der Waals surface area contributed by atoms with Gasteiger partial charge < -0.3 is 20.5 Å². The van der Waals surface area contributed by atoms with Gasteiger partial charge in [-0.3, -0.25) is 0 Å². The Bertz CT molecular complexity index is 1660. The van der Waals surface area contributed by atoms with Crippen molar-refractivity contribution in [2.24, 2.45) is 5.92 Å². The summed E-state index contributed by atoms with van der Waals surface area (Å²) in [7, 11) is 0. The molecule has 0 saturated heterocycles. The van der Waals surface area contributed by atoms with Gasteiger partial charge in [0.25, 0.3) is 0 Å². The van der Waals surface area contributed by atoms with E-state index in [4.69, 9.17) is 4.74 Å². The highest BCUT2D eigenvalue weighted by atomic mass is 32.2. The van der Waals surface area contributed by atoms with Crippen LogP contribution in [0.15, 0.2) is 140 Å². The molecule has 3 N–H and O–H groups in total. The summed E-state index contributed by atoms with van der Waals surface area (Å²) in [5, 5.41) is 16.4. The number of aliphatic hydroxyl groups is 1. The summed E-state index contributed by atoms with van der Waals surface area (Å²) < 4.78 is 5.52. The van der Waals surface area contributed by atoms with E-state index in [1.54, 1.807) is 0 Å². The lowest BCUT2D eigenvalue weighted by atomic mass is 9.84. The Hall–Kier alpha value is -4.36. The highest BCUT2D eigenvalue weighted by Crippen LogP contribution is 2.51. The summed E-state index contributed by atoms with van der Waals surface area (Å²) >= 11 is 1.83. The molecule has 1 amide bonds. The van der Waals surface area contributed by atoms with Gasteiger partial charge in [-0.25, -0.2) is 4.79 Å². The van der Waals surface area contributed by atoms with Crippen LogP contribution in [0.3, 0.4) is 0 Å². The summed E-state index contributed by atoms with van der Waals surface area (Å²) in [5.74, 6) is 0.0836. The summed E-state index contributed by atoms with van der Waals surface area (Å²) in [4.78, 5) is 13.8. The molecular formula is C44H48N2O3S. The number of hydrogen-bond acceptors (Lipinski definition) is 5. The molecule has 2 atom stereocenters. The second-order valence-corrected chi connectivity index (χ2v) is 14.7. The maximum atomic E-state index is 13.8. The zero-order valence-corrected chi connectivity index (χ0v) is 29.8. The largest absolute Gasteiger partial charge is 0.449 e. The molecule has 0 aromatic heterocycles. The molecule has 0 fully saturated rings. The number of amides is 1. The minimum Gasteiger partial charge on any atom is -0.449 e. The van der Waals surface area contributed by atoms with Crippen LogP contribution in [0, 0.1) is 5.92 Å². The van der Waals surface area contributed by atoms with E-state index in [-0.39, 0.29) is 36.5 Å². The Morgan fingerprint density at radius 2 is 1.18 bits per heavy atom. The van der Waals surface area contributed by atoms with Crippen LogP contribution in [0.25, 0.3) is 11.1 Å². The van der Waals surface area contributed by atoms with Crippen molar-refractivity contribution in [1.29, 1.82) is 0 Å². The number of aliphatic hydroxyl groups excluding tert-OH is 1. The molecule has 258 valence electrons. The highest BCUT2D eigenvalue weighted by Gasteiger charge is 2.42. The van der Waals surface area contributed by atoms with Gasteiger partial charge in [-0.2, -0.15) is 0 Å². The molecule has 0 saturated carbocycles. The molecule has 5 aromatic rings. The van der Waals surface area contributed by atoms with Gasteiger partial charge in [0.15, 0.2) is 0 Å². The van der Waals surface area contributed by atoms with Gasteiger partial charge in [0.2, 0.25) is 0 Å². The first kappa shape index (κ1) is 35.5. The quantitative estimate of drug-likeness (QED) is 0.0549. The molecular weight excluding hydrogens is 637 g/mol. The van der Waals surface area contributed by atoms with E-state index in [1.807, 2.05) is 11.8 Å². The predicted octanol–water partition coefficient (Wildman–Crippen LogP) is 9.35. The second-order valence-electron chi connectivity index (χ2n) is 13.3. The van der Waals surface area contributed by atoms with E-state index in [9.17, 15) is 9.90 Å². The lowest BCUT2D eigenvalue weighted by molar-refractivity contribution is 0.135. The van der Waals surface area contributed by atoms with Crippen LogP contribution < -0.4 is 10.6 Å². The topological polar surface area (TPSA) is 70.6 Å². The number of benzene rings is 5. The van der Waals surface area contributed by atoms with Gasteiger partial charge in [-0.05, 0) is 70.7 Å². The molecule has 2 unspecified atom stereocenters. The van der Waals surface area contributed by atoms with E-state index in [0.717, 1.165) is 42.5 Å².